The lowest BCUT2D eigenvalue weighted by Gasteiger charge is -2.10. The average Bonchev–Trinajstić information content (AvgIpc) is 2.69. The molecule has 0 nitrogen and oxygen atoms in total. The molecule has 1 aromatic heterocycles. The van der Waals surface area contributed by atoms with Gasteiger partial charge in [-0.05, 0) is 29.1 Å². The zero-order chi connectivity index (χ0) is 10.8. The van der Waals surface area contributed by atoms with Crippen molar-refractivity contribution in [3.05, 3.63) is 55.6 Å². The second-order valence-electron chi connectivity index (χ2n) is 3.04. The average molecular weight is 322 g/mol. The van der Waals surface area contributed by atoms with Gasteiger partial charge in [-0.1, -0.05) is 39.7 Å². The van der Waals surface area contributed by atoms with Gasteiger partial charge in [-0.25, -0.2) is 0 Å². The summed E-state index contributed by atoms with van der Waals surface area (Å²) in [6, 6.07) is 9.69. The summed E-state index contributed by atoms with van der Waals surface area (Å²) in [5, 5.41) is 2.62. The van der Waals surface area contributed by atoms with Gasteiger partial charge in [0.2, 0.25) is 0 Å². The van der Waals surface area contributed by atoms with Gasteiger partial charge in [0.05, 0.1) is 5.38 Å². The van der Waals surface area contributed by atoms with E-state index in [1.165, 1.54) is 0 Å². The monoisotopic (exact) mass is 320 g/mol. The van der Waals surface area contributed by atoms with E-state index >= 15 is 0 Å². The van der Waals surface area contributed by atoms with Gasteiger partial charge < -0.3 is 0 Å². The molecule has 78 valence electrons. The van der Waals surface area contributed by atoms with E-state index in [9.17, 15) is 0 Å². The Kier molecular flexibility index (Phi) is 3.73. The first-order chi connectivity index (χ1) is 7.18. The Bertz CT molecular complexity index is 454. The normalized spacial score (nSPS) is 12.7. The number of hydrogen-bond acceptors (Lipinski definition) is 1. The molecule has 0 radical (unpaired) electrons. The summed E-state index contributed by atoms with van der Waals surface area (Å²) in [5.74, 6) is 0. The molecule has 2 rings (SSSR count). The fourth-order valence-corrected chi connectivity index (χ4v) is 3.47. The fraction of sp³-hybridized carbons (Fsp3) is 0.0909. The van der Waals surface area contributed by atoms with Crippen LogP contribution in [0.3, 0.4) is 0 Å². The maximum atomic E-state index is 6.37. The predicted molar refractivity (Wildman–Crippen MR) is 71.2 cm³/mol. The van der Waals surface area contributed by atoms with E-state index in [0.29, 0.717) is 5.02 Å². The van der Waals surface area contributed by atoms with Gasteiger partial charge in [-0.15, -0.1) is 22.9 Å². The van der Waals surface area contributed by atoms with Crippen molar-refractivity contribution in [2.24, 2.45) is 0 Å². The molecule has 1 atom stereocenters. The summed E-state index contributed by atoms with van der Waals surface area (Å²) >= 11 is 17.4. The van der Waals surface area contributed by atoms with Crippen molar-refractivity contribution in [3.63, 3.8) is 0 Å². The highest BCUT2D eigenvalue weighted by atomic mass is 79.9. The van der Waals surface area contributed by atoms with Crippen LogP contribution in [0.25, 0.3) is 0 Å². The first kappa shape index (κ1) is 11.5. The van der Waals surface area contributed by atoms with Crippen LogP contribution in [0, 0.1) is 0 Å². The van der Waals surface area contributed by atoms with Crippen molar-refractivity contribution >= 4 is 50.5 Å². The van der Waals surface area contributed by atoms with E-state index in [-0.39, 0.29) is 5.38 Å². The molecule has 0 saturated heterocycles. The molecule has 4 heteroatoms. The molecule has 0 fully saturated rings. The van der Waals surface area contributed by atoms with Crippen LogP contribution in [0.1, 0.15) is 15.8 Å². The maximum absolute atomic E-state index is 6.37. The van der Waals surface area contributed by atoms with Crippen molar-refractivity contribution in [2.75, 3.05) is 0 Å². The quantitative estimate of drug-likeness (QED) is 0.641. The lowest BCUT2D eigenvalue weighted by atomic mass is 10.1. The molecular weight excluding hydrogens is 315 g/mol. The van der Waals surface area contributed by atoms with E-state index in [1.807, 2.05) is 35.7 Å². The van der Waals surface area contributed by atoms with Crippen LogP contribution in [-0.4, -0.2) is 0 Å². The molecular formula is C11H7BrCl2S. The molecule has 0 bridgehead atoms. The Morgan fingerprint density at radius 2 is 2.07 bits per heavy atom. The van der Waals surface area contributed by atoms with Gasteiger partial charge in [0.15, 0.2) is 0 Å². The SMILES string of the molecule is Clc1ccc(C(Cl)c2cccs2)c(Br)c1. The summed E-state index contributed by atoms with van der Waals surface area (Å²) in [6.45, 7) is 0. The van der Waals surface area contributed by atoms with Crippen LogP contribution in [0.2, 0.25) is 5.02 Å². The molecule has 1 unspecified atom stereocenters. The Hall–Kier alpha value is -0.0200. The minimum absolute atomic E-state index is 0.114. The third-order valence-corrected chi connectivity index (χ3v) is 4.49. The number of rotatable bonds is 2. The fourth-order valence-electron chi connectivity index (χ4n) is 1.30. The van der Waals surface area contributed by atoms with Crippen molar-refractivity contribution < 1.29 is 0 Å². The highest BCUT2D eigenvalue weighted by Gasteiger charge is 2.14. The molecule has 15 heavy (non-hydrogen) atoms. The first-order valence-electron chi connectivity index (χ1n) is 4.31. The van der Waals surface area contributed by atoms with Gasteiger partial charge in [0.1, 0.15) is 0 Å². The lowest BCUT2D eigenvalue weighted by Crippen LogP contribution is -1.91. The molecule has 0 aliphatic carbocycles. The molecule has 0 spiro atoms. The van der Waals surface area contributed by atoms with Crippen molar-refractivity contribution in [2.45, 2.75) is 5.38 Å². The molecule has 0 N–H and O–H groups in total. The number of halogens is 3. The lowest BCUT2D eigenvalue weighted by molar-refractivity contribution is 1.17. The Morgan fingerprint density at radius 3 is 2.67 bits per heavy atom. The summed E-state index contributed by atoms with van der Waals surface area (Å²) in [4.78, 5) is 1.14. The summed E-state index contributed by atoms with van der Waals surface area (Å²) in [7, 11) is 0. The molecule has 1 heterocycles. The Labute approximate surface area is 111 Å². The molecule has 2 aromatic rings. The third kappa shape index (κ3) is 2.56. The van der Waals surface area contributed by atoms with Crippen LogP contribution in [-0.2, 0) is 0 Å². The largest absolute Gasteiger partial charge is 0.147 e. The summed E-state index contributed by atoms with van der Waals surface area (Å²) in [6.07, 6.45) is 0. The Balaban J connectivity index is 2.38. The smallest absolute Gasteiger partial charge is 0.0938 e. The summed E-state index contributed by atoms with van der Waals surface area (Å²) < 4.78 is 0.948. The van der Waals surface area contributed by atoms with Crippen LogP contribution in [0.15, 0.2) is 40.2 Å². The first-order valence-corrected chi connectivity index (χ1v) is 6.79. The molecule has 0 saturated carbocycles. The van der Waals surface area contributed by atoms with Crippen LogP contribution in [0.4, 0.5) is 0 Å². The Morgan fingerprint density at radius 1 is 1.27 bits per heavy atom. The number of thiophene rings is 1. The number of benzene rings is 1. The van der Waals surface area contributed by atoms with Crippen molar-refractivity contribution in [1.82, 2.24) is 0 Å². The van der Waals surface area contributed by atoms with E-state index in [2.05, 4.69) is 15.9 Å². The highest BCUT2D eigenvalue weighted by Crippen LogP contribution is 2.36. The van der Waals surface area contributed by atoms with Gasteiger partial charge in [0, 0.05) is 14.4 Å². The van der Waals surface area contributed by atoms with Gasteiger partial charge >= 0.3 is 0 Å². The van der Waals surface area contributed by atoms with E-state index in [4.69, 9.17) is 23.2 Å². The molecule has 0 aliphatic rings. The standard InChI is InChI=1S/C11H7BrCl2S/c12-9-6-7(13)3-4-8(9)11(14)10-2-1-5-15-10/h1-6,11H. The van der Waals surface area contributed by atoms with Crippen molar-refractivity contribution in [3.8, 4) is 0 Å². The van der Waals surface area contributed by atoms with Crippen molar-refractivity contribution in [1.29, 1.82) is 0 Å². The van der Waals surface area contributed by atoms with E-state index in [1.54, 1.807) is 11.3 Å². The van der Waals surface area contributed by atoms with Crippen LogP contribution < -0.4 is 0 Å². The van der Waals surface area contributed by atoms with Gasteiger partial charge in [0.25, 0.3) is 0 Å². The van der Waals surface area contributed by atoms with Gasteiger partial charge in [-0.3, -0.25) is 0 Å². The number of alkyl halides is 1. The highest BCUT2D eigenvalue weighted by molar-refractivity contribution is 9.10. The third-order valence-electron chi connectivity index (χ3n) is 2.03. The number of hydrogen-bond donors (Lipinski definition) is 0. The van der Waals surface area contributed by atoms with Crippen LogP contribution in [0.5, 0.6) is 0 Å². The van der Waals surface area contributed by atoms with Crippen LogP contribution >= 0.6 is 50.5 Å². The predicted octanol–water partition coefficient (Wildman–Crippen LogP) is 5.49. The molecule has 1 aromatic carbocycles. The van der Waals surface area contributed by atoms with E-state index in [0.717, 1.165) is 14.9 Å². The second kappa shape index (κ2) is 4.88. The van der Waals surface area contributed by atoms with E-state index < -0.39 is 0 Å². The zero-order valence-electron chi connectivity index (χ0n) is 7.58. The van der Waals surface area contributed by atoms with Gasteiger partial charge in [-0.2, -0.15) is 0 Å². The molecule has 0 amide bonds. The topological polar surface area (TPSA) is 0 Å². The minimum atomic E-state index is -0.114. The summed E-state index contributed by atoms with van der Waals surface area (Å²) in [5.41, 5.74) is 1.04. The second-order valence-corrected chi connectivity index (χ2v) is 5.75. The zero-order valence-corrected chi connectivity index (χ0v) is 11.5. The molecule has 0 aliphatic heterocycles. The maximum Gasteiger partial charge on any atom is 0.0938 e. The minimum Gasteiger partial charge on any atom is -0.147 e.